The van der Waals surface area contributed by atoms with Gasteiger partial charge in [-0.2, -0.15) is 0 Å². The van der Waals surface area contributed by atoms with Crippen molar-refractivity contribution in [2.45, 2.75) is 0 Å². The Labute approximate surface area is 340 Å². The van der Waals surface area contributed by atoms with Crippen molar-refractivity contribution in [2.24, 2.45) is 0 Å². The van der Waals surface area contributed by atoms with Gasteiger partial charge in [-0.3, -0.25) is 0 Å². The van der Waals surface area contributed by atoms with Crippen LogP contribution in [0, 0.1) is 0 Å². The molecule has 4 aromatic heterocycles. The molecule has 0 amide bonds. The summed E-state index contributed by atoms with van der Waals surface area (Å²) in [6, 6.07) is 54.0. The quantitative estimate of drug-likeness (QED) is 0.171. The summed E-state index contributed by atoms with van der Waals surface area (Å²) in [5.41, 5.74) is 11.5. The highest BCUT2D eigenvalue weighted by Gasteiger charge is 2.29. The summed E-state index contributed by atoms with van der Waals surface area (Å²) in [7, 11) is 0. The van der Waals surface area contributed by atoms with E-state index in [2.05, 4.69) is 80.4 Å². The molecule has 2 aliphatic rings. The SMILES string of the molecule is c1ccc2c(c1)Oc1ccccc1N2c1cc(-c2cc(-c3nc4cccnc4s3)cc(N3c4ccccc4Oc4ccccc43)c2)cc(-c2nc3cccnc3s2)c1. The number of nitrogens with zero attached hydrogens (tertiary/aromatic N) is 6. The van der Waals surface area contributed by atoms with Crippen LogP contribution in [0.1, 0.15) is 0 Å². The van der Waals surface area contributed by atoms with Gasteiger partial charge < -0.3 is 19.3 Å². The van der Waals surface area contributed by atoms with Crippen molar-refractivity contribution in [1.82, 2.24) is 19.9 Å². The molecule has 10 heteroatoms. The molecule has 0 unspecified atom stereocenters. The second-order valence-electron chi connectivity index (χ2n) is 14.0. The van der Waals surface area contributed by atoms with Crippen LogP contribution in [0.15, 0.2) is 170 Å². The zero-order chi connectivity index (χ0) is 38.2. The van der Waals surface area contributed by atoms with Crippen LogP contribution >= 0.6 is 22.7 Å². The maximum Gasteiger partial charge on any atom is 0.151 e. The monoisotopic (exact) mass is 784 g/mol. The Balaban J connectivity index is 1.13. The first-order chi connectivity index (χ1) is 28.7. The molecule has 12 rings (SSSR count). The van der Waals surface area contributed by atoms with Crippen LogP contribution in [-0.4, -0.2) is 19.9 Å². The van der Waals surface area contributed by atoms with Crippen LogP contribution in [0.4, 0.5) is 34.1 Å². The molecule has 6 heterocycles. The van der Waals surface area contributed by atoms with E-state index >= 15 is 0 Å². The van der Waals surface area contributed by atoms with E-state index in [0.717, 1.165) is 110 Å². The van der Waals surface area contributed by atoms with Crippen molar-refractivity contribution < 1.29 is 9.47 Å². The molecule has 0 aliphatic carbocycles. The first-order valence-corrected chi connectivity index (χ1v) is 20.4. The molecule has 0 fully saturated rings. The number of fused-ring (bicyclic) bond motifs is 6. The third kappa shape index (κ3) is 5.42. The average molecular weight is 785 g/mol. The standard InChI is InChI=1S/C48H28N6O2S2/c1-5-17-41-37(13-1)53(38-14-2-6-18-42(38)55-41)33-25-29(23-31(27-33)45-51-35-11-9-21-49-47(35)57-45)30-24-32(46-52-36-12-10-22-50-48(36)58-46)28-34(26-30)54-39-15-3-7-19-43(39)56-44-20-8-4-16-40(44)54/h1-28H. The molecular formula is C48H28N6O2S2. The fraction of sp³-hybridized carbons (Fsp3) is 0. The summed E-state index contributed by atoms with van der Waals surface area (Å²) in [6.45, 7) is 0. The van der Waals surface area contributed by atoms with E-state index in [1.54, 1.807) is 22.7 Å². The van der Waals surface area contributed by atoms with Gasteiger partial charge in [0.25, 0.3) is 0 Å². The number of rotatable bonds is 5. The molecular weight excluding hydrogens is 757 g/mol. The van der Waals surface area contributed by atoms with E-state index in [1.165, 1.54) is 0 Å². The van der Waals surface area contributed by atoms with Crippen molar-refractivity contribution >= 4 is 77.5 Å². The van der Waals surface area contributed by atoms with E-state index in [-0.39, 0.29) is 0 Å². The van der Waals surface area contributed by atoms with E-state index in [1.807, 2.05) is 109 Å². The van der Waals surface area contributed by atoms with Gasteiger partial charge in [-0.05, 0) is 120 Å². The van der Waals surface area contributed by atoms with Gasteiger partial charge in [-0.1, -0.05) is 71.2 Å². The van der Waals surface area contributed by atoms with Crippen molar-refractivity contribution in [3.63, 3.8) is 0 Å². The lowest BCUT2D eigenvalue weighted by atomic mass is 9.97. The average Bonchev–Trinajstić information content (AvgIpc) is 3.92. The fourth-order valence-corrected chi connectivity index (χ4v) is 9.60. The number of hydrogen-bond donors (Lipinski definition) is 0. The minimum atomic E-state index is 0.788. The zero-order valence-electron chi connectivity index (χ0n) is 30.5. The Morgan fingerprint density at radius 2 is 0.741 bits per heavy atom. The van der Waals surface area contributed by atoms with E-state index in [4.69, 9.17) is 19.4 Å². The van der Waals surface area contributed by atoms with Crippen molar-refractivity contribution in [1.29, 1.82) is 0 Å². The Morgan fingerprint density at radius 1 is 0.379 bits per heavy atom. The summed E-state index contributed by atoms with van der Waals surface area (Å²) >= 11 is 3.18. The Hall–Kier alpha value is -7.40. The van der Waals surface area contributed by atoms with Gasteiger partial charge in [0, 0.05) is 34.9 Å². The number of para-hydroxylation sites is 8. The summed E-state index contributed by atoms with van der Waals surface area (Å²) in [5.74, 6) is 3.15. The maximum absolute atomic E-state index is 6.44. The van der Waals surface area contributed by atoms with Gasteiger partial charge in [0.1, 0.15) is 30.7 Å². The minimum Gasteiger partial charge on any atom is -0.453 e. The predicted molar refractivity (Wildman–Crippen MR) is 234 cm³/mol. The molecule has 10 aromatic rings. The number of hydrogen-bond acceptors (Lipinski definition) is 10. The van der Waals surface area contributed by atoms with Gasteiger partial charge in [-0.15, -0.1) is 0 Å². The first-order valence-electron chi connectivity index (χ1n) is 18.8. The number of pyridine rings is 2. The molecule has 0 radical (unpaired) electrons. The fourth-order valence-electron chi connectivity index (χ4n) is 7.81. The highest BCUT2D eigenvalue weighted by atomic mass is 32.1. The molecule has 6 aromatic carbocycles. The molecule has 2 aliphatic heterocycles. The predicted octanol–water partition coefficient (Wildman–Crippen LogP) is 13.8. The summed E-state index contributed by atoms with van der Waals surface area (Å²) in [4.78, 5) is 25.8. The molecule has 0 saturated heterocycles. The number of anilines is 6. The van der Waals surface area contributed by atoms with Crippen LogP contribution in [0.25, 0.3) is 53.0 Å². The minimum absolute atomic E-state index is 0.788. The normalized spacial score (nSPS) is 12.7. The highest BCUT2D eigenvalue weighted by molar-refractivity contribution is 7.21. The van der Waals surface area contributed by atoms with Crippen LogP contribution in [0.2, 0.25) is 0 Å². The molecule has 0 atom stereocenters. The van der Waals surface area contributed by atoms with Gasteiger partial charge >= 0.3 is 0 Å². The molecule has 0 bridgehead atoms. The topological polar surface area (TPSA) is 76.5 Å². The zero-order valence-corrected chi connectivity index (χ0v) is 32.1. The van der Waals surface area contributed by atoms with E-state index in [0.29, 0.717) is 0 Å². The molecule has 0 spiro atoms. The molecule has 0 N–H and O–H groups in total. The van der Waals surface area contributed by atoms with Crippen LogP contribution < -0.4 is 19.3 Å². The van der Waals surface area contributed by atoms with Gasteiger partial charge in [0.2, 0.25) is 0 Å². The van der Waals surface area contributed by atoms with E-state index < -0.39 is 0 Å². The lowest BCUT2D eigenvalue weighted by molar-refractivity contribution is 0.476. The lowest BCUT2D eigenvalue weighted by Gasteiger charge is -2.34. The Morgan fingerprint density at radius 3 is 1.12 bits per heavy atom. The summed E-state index contributed by atoms with van der Waals surface area (Å²) < 4.78 is 12.9. The van der Waals surface area contributed by atoms with Crippen LogP contribution in [-0.2, 0) is 0 Å². The molecule has 0 saturated carbocycles. The second-order valence-corrected chi connectivity index (χ2v) is 15.9. The number of benzene rings is 6. The number of aromatic nitrogens is 4. The Bertz CT molecular complexity index is 2880. The summed E-state index contributed by atoms with van der Waals surface area (Å²) in [6.07, 6.45) is 3.64. The molecule has 274 valence electrons. The summed E-state index contributed by atoms with van der Waals surface area (Å²) in [5, 5.41) is 1.77. The maximum atomic E-state index is 6.44. The van der Waals surface area contributed by atoms with Crippen LogP contribution in [0.3, 0.4) is 0 Å². The van der Waals surface area contributed by atoms with Gasteiger partial charge in [-0.25, -0.2) is 19.9 Å². The van der Waals surface area contributed by atoms with Gasteiger partial charge in [0.15, 0.2) is 23.0 Å². The van der Waals surface area contributed by atoms with Crippen LogP contribution in [0.5, 0.6) is 23.0 Å². The highest BCUT2D eigenvalue weighted by Crippen LogP contribution is 2.54. The first kappa shape index (κ1) is 32.8. The number of ether oxygens (including phenoxy) is 2. The number of thiazole rings is 2. The van der Waals surface area contributed by atoms with Crippen molar-refractivity contribution in [2.75, 3.05) is 9.80 Å². The Kier molecular flexibility index (Phi) is 7.40. The second kappa shape index (κ2) is 13.1. The molecule has 58 heavy (non-hydrogen) atoms. The lowest BCUT2D eigenvalue weighted by Crippen LogP contribution is -2.16. The largest absolute Gasteiger partial charge is 0.453 e. The third-order valence-electron chi connectivity index (χ3n) is 10.4. The van der Waals surface area contributed by atoms with Crippen molar-refractivity contribution in [3.8, 4) is 55.3 Å². The van der Waals surface area contributed by atoms with Crippen molar-refractivity contribution in [3.05, 3.63) is 170 Å². The van der Waals surface area contributed by atoms with Gasteiger partial charge in [0.05, 0.1) is 22.7 Å². The smallest absolute Gasteiger partial charge is 0.151 e. The molecule has 8 nitrogen and oxygen atoms in total. The van der Waals surface area contributed by atoms with E-state index in [9.17, 15) is 0 Å². The third-order valence-corrected chi connectivity index (χ3v) is 12.4.